The van der Waals surface area contributed by atoms with Gasteiger partial charge in [0.1, 0.15) is 5.82 Å². The highest BCUT2D eigenvalue weighted by molar-refractivity contribution is 7.22. The van der Waals surface area contributed by atoms with Crippen LogP contribution in [0.2, 0.25) is 0 Å². The SMILES string of the molecule is CN(C)CCN(C(=O)C=Cc1ccccc1)c1nc2ccc(F)cc2s1.Cl. The Morgan fingerprint density at radius 2 is 1.89 bits per heavy atom. The number of nitrogens with zero attached hydrogens (tertiary/aromatic N) is 3. The second-order valence-electron chi connectivity index (χ2n) is 6.15. The van der Waals surface area contributed by atoms with Gasteiger partial charge in [-0.3, -0.25) is 9.69 Å². The Kier molecular flexibility index (Phi) is 7.47. The molecular formula is C20H21ClFN3OS. The zero-order chi connectivity index (χ0) is 18.5. The van der Waals surface area contributed by atoms with E-state index >= 15 is 0 Å². The van der Waals surface area contributed by atoms with Gasteiger partial charge in [0.2, 0.25) is 0 Å². The fourth-order valence-electron chi connectivity index (χ4n) is 2.42. The molecule has 1 amide bonds. The average Bonchev–Trinajstić information content (AvgIpc) is 3.03. The highest BCUT2D eigenvalue weighted by Crippen LogP contribution is 2.29. The van der Waals surface area contributed by atoms with Crippen LogP contribution in [0.4, 0.5) is 9.52 Å². The molecule has 1 aromatic heterocycles. The lowest BCUT2D eigenvalue weighted by molar-refractivity contribution is -0.114. The predicted octanol–water partition coefficient (Wildman–Crippen LogP) is 4.47. The number of fused-ring (bicyclic) bond motifs is 1. The van der Waals surface area contributed by atoms with Crippen LogP contribution in [0.1, 0.15) is 5.56 Å². The minimum absolute atomic E-state index is 0. The van der Waals surface area contributed by atoms with Crippen molar-refractivity contribution in [2.75, 3.05) is 32.1 Å². The van der Waals surface area contributed by atoms with Gasteiger partial charge in [-0.05, 0) is 43.9 Å². The van der Waals surface area contributed by atoms with E-state index in [-0.39, 0.29) is 24.1 Å². The molecule has 3 rings (SSSR count). The number of hydrogen-bond acceptors (Lipinski definition) is 4. The zero-order valence-corrected chi connectivity index (χ0v) is 16.8. The smallest absolute Gasteiger partial charge is 0.252 e. The van der Waals surface area contributed by atoms with Crippen LogP contribution in [0.15, 0.2) is 54.6 Å². The van der Waals surface area contributed by atoms with Gasteiger partial charge in [0.25, 0.3) is 5.91 Å². The quantitative estimate of drug-likeness (QED) is 0.568. The Bertz CT molecular complexity index is 927. The molecule has 0 spiro atoms. The Labute approximate surface area is 168 Å². The van der Waals surface area contributed by atoms with E-state index in [0.29, 0.717) is 23.7 Å². The van der Waals surface area contributed by atoms with Crippen LogP contribution in [0.3, 0.4) is 0 Å². The Morgan fingerprint density at radius 1 is 1.15 bits per heavy atom. The van der Waals surface area contributed by atoms with Gasteiger partial charge in [-0.2, -0.15) is 0 Å². The minimum Gasteiger partial charge on any atom is -0.308 e. The monoisotopic (exact) mass is 405 g/mol. The van der Waals surface area contributed by atoms with Crippen molar-refractivity contribution in [2.24, 2.45) is 0 Å². The fraction of sp³-hybridized carbons (Fsp3) is 0.200. The molecule has 7 heteroatoms. The normalized spacial score (nSPS) is 11.1. The van der Waals surface area contributed by atoms with E-state index in [0.717, 1.165) is 10.3 Å². The van der Waals surface area contributed by atoms with Crippen LogP contribution in [0.25, 0.3) is 16.3 Å². The molecule has 0 bridgehead atoms. The van der Waals surface area contributed by atoms with Gasteiger partial charge in [-0.15, -0.1) is 12.4 Å². The molecule has 0 aliphatic heterocycles. The number of aromatic nitrogens is 1. The van der Waals surface area contributed by atoms with Gasteiger partial charge >= 0.3 is 0 Å². The van der Waals surface area contributed by atoms with E-state index < -0.39 is 0 Å². The number of thiazole rings is 1. The summed E-state index contributed by atoms with van der Waals surface area (Å²) in [6.45, 7) is 1.21. The first-order chi connectivity index (χ1) is 12.5. The maximum atomic E-state index is 13.4. The van der Waals surface area contributed by atoms with Crippen molar-refractivity contribution in [1.29, 1.82) is 0 Å². The van der Waals surface area contributed by atoms with Crippen molar-refractivity contribution in [1.82, 2.24) is 9.88 Å². The number of halogens is 2. The molecule has 142 valence electrons. The van der Waals surface area contributed by atoms with Gasteiger partial charge in [0.05, 0.1) is 10.2 Å². The molecular weight excluding hydrogens is 385 g/mol. The van der Waals surface area contributed by atoms with Gasteiger partial charge in [0.15, 0.2) is 5.13 Å². The van der Waals surface area contributed by atoms with Crippen molar-refractivity contribution < 1.29 is 9.18 Å². The van der Waals surface area contributed by atoms with E-state index in [1.807, 2.05) is 49.3 Å². The fourth-order valence-corrected chi connectivity index (χ4v) is 3.45. The van der Waals surface area contributed by atoms with Crippen molar-refractivity contribution in [2.45, 2.75) is 0 Å². The molecule has 0 N–H and O–H groups in total. The van der Waals surface area contributed by atoms with Gasteiger partial charge in [0, 0.05) is 19.2 Å². The first-order valence-electron chi connectivity index (χ1n) is 8.28. The molecule has 0 saturated carbocycles. The number of amides is 1. The Hall–Kier alpha value is -2.28. The van der Waals surface area contributed by atoms with E-state index in [2.05, 4.69) is 4.98 Å². The molecule has 0 radical (unpaired) electrons. The highest BCUT2D eigenvalue weighted by Gasteiger charge is 2.18. The molecule has 0 unspecified atom stereocenters. The standard InChI is InChI=1S/C20H20FN3OS.ClH/c1-23(2)12-13-24(19(25)11-8-15-6-4-3-5-7-15)20-22-17-10-9-16(21)14-18(17)26-20;/h3-11,14H,12-13H2,1-2H3;1H. The highest BCUT2D eigenvalue weighted by atomic mass is 35.5. The van der Waals surface area contributed by atoms with Crippen molar-refractivity contribution in [3.05, 3.63) is 66.0 Å². The lowest BCUT2D eigenvalue weighted by Crippen LogP contribution is -2.35. The van der Waals surface area contributed by atoms with Gasteiger partial charge in [-0.1, -0.05) is 41.7 Å². The van der Waals surface area contributed by atoms with E-state index in [9.17, 15) is 9.18 Å². The summed E-state index contributed by atoms with van der Waals surface area (Å²) in [5.41, 5.74) is 1.65. The molecule has 0 atom stereocenters. The third kappa shape index (κ3) is 5.60. The number of carbonyl (C=O) groups excluding carboxylic acids is 1. The number of rotatable bonds is 6. The van der Waals surface area contributed by atoms with Crippen molar-refractivity contribution in [3.8, 4) is 0 Å². The molecule has 0 fully saturated rings. The van der Waals surface area contributed by atoms with Crippen LogP contribution in [-0.4, -0.2) is 43.0 Å². The predicted molar refractivity (Wildman–Crippen MR) is 113 cm³/mol. The van der Waals surface area contributed by atoms with E-state index in [4.69, 9.17) is 0 Å². The number of likely N-dealkylation sites (N-methyl/N-ethyl adjacent to an activating group) is 1. The van der Waals surface area contributed by atoms with Gasteiger partial charge in [-0.25, -0.2) is 9.37 Å². The summed E-state index contributed by atoms with van der Waals surface area (Å²) in [5.74, 6) is -0.446. The molecule has 0 aliphatic carbocycles. The summed E-state index contributed by atoms with van der Waals surface area (Å²) in [6, 6.07) is 14.1. The summed E-state index contributed by atoms with van der Waals surface area (Å²) < 4.78 is 14.2. The molecule has 2 aromatic carbocycles. The van der Waals surface area contributed by atoms with Crippen molar-refractivity contribution in [3.63, 3.8) is 0 Å². The lowest BCUT2D eigenvalue weighted by Gasteiger charge is -2.20. The maximum Gasteiger partial charge on any atom is 0.252 e. The van der Waals surface area contributed by atoms with Crippen LogP contribution >= 0.6 is 23.7 Å². The first kappa shape index (κ1) is 21.0. The molecule has 0 aliphatic rings. The zero-order valence-electron chi connectivity index (χ0n) is 15.1. The first-order valence-corrected chi connectivity index (χ1v) is 9.10. The second kappa shape index (κ2) is 9.60. The topological polar surface area (TPSA) is 36.4 Å². The van der Waals surface area contributed by atoms with Crippen LogP contribution in [-0.2, 0) is 4.79 Å². The summed E-state index contributed by atoms with van der Waals surface area (Å²) >= 11 is 1.32. The van der Waals surface area contributed by atoms with E-state index in [1.165, 1.54) is 23.5 Å². The molecule has 27 heavy (non-hydrogen) atoms. The minimum atomic E-state index is -0.303. The average molecular weight is 406 g/mol. The summed E-state index contributed by atoms with van der Waals surface area (Å²) in [4.78, 5) is 20.9. The van der Waals surface area contributed by atoms with Crippen LogP contribution in [0, 0.1) is 5.82 Å². The Morgan fingerprint density at radius 3 is 2.59 bits per heavy atom. The summed E-state index contributed by atoms with van der Waals surface area (Å²) in [5, 5.41) is 0.579. The summed E-state index contributed by atoms with van der Waals surface area (Å²) in [6.07, 6.45) is 3.34. The Balaban J connectivity index is 0.00000261. The molecule has 0 saturated heterocycles. The number of carbonyl (C=O) groups is 1. The summed E-state index contributed by atoms with van der Waals surface area (Å²) in [7, 11) is 3.91. The van der Waals surface area contributed by atoms with Crippen LogP contribution < -0.4 is 4.90 Å². The largest absolute Gasteiger partial charge is 0.308 e. The maximum absolute atomic E-state index is 13.4. The number of benzene rings is 2. The van der Waals surface area contributed by atoms with Gasteiger partial charge < -0.3 is 4.90 Å². The van der Waals surface area contributed by atoms with Crippen LogP contribution in [0.5, 0.6) is 0 Å². The third-order valence-electron chi connectivity index (χ3n) is 3.82. The third-order valence-corrected chi connectivity index (χ3v) is 4.87. The number of anilines is 1. The van der Waals surface area contributed by atoms with Crippen molar-refractivity contribution >= 4 is 51.1 Å². The molecule has 4 nitrogen and oxygen atoms in total. The molecule has 1 heterocycles. The second-order valence-corrected chi connectivity index (χ2v) is 7.15. The van der Waals surface area contributed by atoms with E-state index in [1.54, 1.807) is 23.1 Å². The molecule has 3 aromatic rings. The number of hydrogen-bond donors (Lipinski definition) is 0. The lowest BCUT2D eigenvalue weighted by atomic mass is 10.2.